The Morgan fingerprint density at radius 3 is 2.22 bits per heavy atom. The van der Waals surface area contributed by atoms with Crippen LogP contribution >= 0.6 is 0 Å². The maximum absolute atomic E-state index is 12.5. The van der Waals surface area contributed by atoms with Crippen LogP contribution in [0.15, 0.2) is 0 Å². The summed E-state index contributed by atoms with van der Waals surface area (Å²) in [5.74, 6) is 0.124. The maximum Gasteiger partial charge on any atom is 0.246 e. The molecule has 0 spiro atoms. The summed E-state index contributed by atoms with van der Waals surface area (Å²) in [7, 11) is 0. The minimum absolute atomic E-state index is 0.0162. The van der Waals surface area contributed by atoms with Gasteiger partial charge in [0.15, 0.2) is 0 Å². The van der Waals surface area contributed by atoms with Gasteiger partial charge in [0.2, 0.25) is 11.8 Å². The van der Waals surface area contributed by atoms with Crippen LogP contribution in [-0.2, 0) is 9.59 Å². The molecule has 0 radical (unpaired) electrons. The van der Waals surface area contributed by atoms with E-state index in [2.05, 4.69) is 19.2 Å². The molecule has 2 atom stereocenters. The average molecular weight is 254 g/mol. The van der Waals surface area contributed by atoms with Crippen LogP contribution in [0.1, 0.15) is 59.8 Å². The van der Waals surface area contributed by atoms with Crippen molar-refractivity contribution in [3.63, 3.8) is 0 Å². The number of nitrogens with zero attached hydrogens (tertiary/aromatic N) is 1. The molecule has 1 aliphatic heterocycles. The number of rotatable bonds is 6. The molecular formula is C14H26N2O2. The monoisotopic (exact) mass is 254 g/mol. The van der Waals surface area contributed by atoms with Gasteiger partial charge in [-0.05, 0) is 25.7 Å². The third-order valence-corrected chi connectivity index (χ3v) is 3.81. The number of hydrogen-bond acceptors (Lipinski definition) is 2. The number of amides is 2. The Bertz CT molecular complexity index is 300. The highest BCUT2D eigenvalue weighted by atomic mass is 16.2. The smallest absolute Gasteiger partial charge is 0.246 e. The standard InChI is InChI=1S/C14H26N2O2/c1-5-9-11-14(18)16(10(6-2)7-3)12(8-4)13(17)15-11/h10-12H,5-9H2,1-4H3,(H,15,17). The van der Waals surface area contributed by atoms with Crippen LogP contribution < -0.4 is 5.32 Å². The zero-order chi connectivity index (χ0) is 13.7. The number of carbonyl (C=O) groups excluding carboxylic acids is 2. The van der Waals surface area contributed by atoms with E-state index in [4.69, 9.17) is 0 Å². The van der Waals surface area contributed by atoms with Crippen LogP contribution in [0.4, 0.5) is 0 Å². The van der Waals surface area contributed by atoms with E-state index in [0.717, 1.165) is 25.7 Å². The number of hydrogen-bond donors (Lipinski definition) is 1. The fraction of sp³-hybridized carbons (Fsp3) is 0.857. The molecule has 0 saturated carbocycles. The topological polar surface area (TPSA) is 49.4 Å². The van der Waals surface area contributed by atoms with Gasteiger partial charge >= 0.3 is 0 Å². The highest BCUT2D eigenvalue weighted by molar-refractivity contribution is 5.97. The second-order valence-electron chi connectivity index (χ2n) is 4.99. The lowest BCUT2D eigenvalue weighted by Crippen LogP contribution is -2.65. The Labute approximate surface area is 110 Å². The van der Waals surface area contributed by atoms with E-state index in [-0.39, 0.29) is 29.9 Å². The van der Waals surface area contributed by atoms with Gasteiger partial charge in [-0.1, -0.05) is 34.1 Å². The van der Waals surface area contributed by atoms with E-state index in [9.17, 15) is 9.59 Å². The van der Waals surface area contributed by atoms with Crippen molar-refractivity contribution in [3.05, 3.63) is 0 Å². The van der Waals surface area contributed by atoms with Crippen LogP contribution in [0.25, 0.3) is 0 Å². The summed E-state index contributed by atoms with van der Waals surface area (Å²) in [4.78, 5) is 26.4. The summed E-state index contributed by atoms with van der Waals surface area (Å²) in [6.45, 7) is 8.16. The van der Waals surface area contributed by atoms with Crippen molar-refractivity contribution in [2.45, 2.75) is 77.9 Å². The van der Waals surface area contributed by atoms with E-state index < -0.39 is 0 Å². The Kier molecular flexibility index (Phi) is 5.63. The van der Waals surface area contributed by atoms with Crippen LogP contribution in [0, 0.1) is 0 Å². The Balaban J connectivity index is 2.97. The zero-order valence-electron chi connectivity index (χ0n) is 12.0. The van der Waals surface area contributed by atoms with Crippen LogP contribution in [-0.4, -0.2) is 34.8 Å². The summed E-state index contributed by atoms with van der Waals surface area (Å²) in [5, 5.41) is 2.87. The van der Waals surface area contributed by atoms with Crippen LogP contribution in [0.2, 0.25) is 0 Å². The third-order valence-electron chi connectivity index (χ3n) is 3.81. The predicted octanol–water partition coefficient (Wildman–Crippen LogP) is 2.08. The van der Waals surface area contributed by atoms with Crippen molar-refractivity contribution in [2.24, 2.45) is 0 Å². The van der Waals surface area contributed by atoms with Crippen molar-refractivity contribution in [3.8, 4) is 0 Å². The molecular weight excluding hydrogens is 228 g/mol. The first-order valence-electron chi connectivity index (χ1n) is 7.23. The molecule has 0 bridgehead atoms. The zero-order valence-corrected chi connectivity index (χ0v) is 12.0. The van der Waals surface area contributed by atoms with Gasteiger partial charge in [-0.25, -0.2) is 0 Å². The van der Waals surface area contributed by atoms with Gasteiger partial charge in [0, 0.05) is 6.04 Å². The molecule has 1 rings (SSSR count). The van der Waals surface area contributed by atoms with Crippen molar-refractivity contribution in [2.75, 3.05) is 0 Å². The highest BCUT2D eigenvalue weighted by Gasteiger charge is 2.41. The molecule has 4 heteroatoms. The summed E-state index contributed by atoms with van der Waals surface area (Å²) in [5.41, 5.74) is 0. The van der Waals surface area contributed by atoms with E-state index in [1.807, 2.05) is 18.7 Å². The first-order chi connectivity index (χ1) is 8.60. The SMILES string of the molecule is CCCC1NC(=O)C(CC)N(C(CC)CC)C1=O. The minimum Gasteiger partial charge on any atom is -0.343 e. The average Bonchev–Trinajstić information content (AvgIpc) is 2.36. The van der Waals surface area contributed by atoms with Crippen molar-refractivity contribution in [1.82, 2.24) is 10.2 Å². The summed E-state index contributed by atoms with van der Waals surface area (Å²) in [6.07, 6.45) is 4.14. The molecule has 0 aromatic rings. The molecule has 1 saturated heterocycles. The van der Waals surface area contributed by atoms with Crippen LogP contribution in [0.3, 0.4) is 0 Å². The predicted molar refractivity (Wildman–Crippen MR) is 72.1 cm³/mol. The van der Waals surface area contributed by atoms with Gasteiger partial charge in [0.05, 0.1) is 0 Å². The van der Waals surface area contributed by atoms with Gasteiger partial charge < -0.3 is 10.2 Å². The second kappa shape index (κ2) is 6.76. The lowest BCUT2D eigenvalue weighted by atomic mass is 9.97. The minimum atomic E-state index is -0.314. The lowest BCUT2D eigenvalue weighted by Gasteiger charge is -2.43. The third kappa shape index (κ3) is 2.85. The molecule has 1 heterocycles. The van der Waals surface area contributed by atoms with Crippen molar-refractivity contribution >= 4 is 11.8 Å². The summed E-state index contributed by atoms with van der Waals surface area (Å²) >= 11 is 0. The molecule has 104 valence electrons. The Hall–Kier alpha value is -1.06. The summed E-state index contributed by atoms with van der Waals surface area (Å²) < 4.78 is 0. The normalized spacial score (nSPS) is 24.6. The molecule has 18 heavy (non-hydrogen) atoms. The number of nitrogens with one attached hydrogen (secondary N) is 1. The van der Waals surface area contributed by atoms with Gasteiger partial charge in [0.1, 0.15) is 12.1 Å². The number of carbonyl (C=O) groups is 2. The molecule has 4 nitrogen and oxygen atoms in total. The van der Waals surface area contributed by atoms with Gasteiger partial charge in [-0.2, -0.15) is 0 Å². The maximum atomic E-state index is 12.5. The molecule has 0 aliphatic carbocycles. The molecule has 0 aromatic heterocycles. The molecule has 0 aromatic carbocycles. The lowest BCUT2D eigenvalue weighted by molar-refractivity contribution is -0.152. The van der Waals surface area contributed by atoms with Crippen molar-refractivity contribution in [1.29, 1.82) is 0 Å². The first kappa shape index (κ1) is 15.0. The fourth-order valence-electron chi connectivity index (χ4n) is 2.77. The second-order valence-corrected chi connectivity index (χ2v) is 4.99. The highest BCUT2D eigenvalue weighted by Crippen LogP contribution is 2.21. The molecule has 2 amide bonds. The van der Waals surface area contributed by atoms with Crippen LogP contribution in [0.5, 0.6) is 0 Å². The fourth-order valence-corrected chi connectivity index (χ4v) is 2.77. The van der Waals surface area contributed by atoms with E-state index >= 15 is 0 Å². The van der Waals surface area contributed by atoms with Gasteiger partial charge in [-0.15, -0.1) is 0 Å². The first-order valence-corrected chi connectivity index (χ1v) is 7.23. The van der Waals surface area contributed by atoms with Crippen molar-refractivity contribution < 1.29 is 9.59 Å². The van der Waals surface area contributed by atoms with E-state index in [0.29, 0.717) is 6.42 Å². The van der Waals surface area contributed by atoms with Gasteiger partial charge in [0.25, 0.3) is 0 Å². The van der Waals surface area contributed by atoms with E-state index in [1.165, 1.54) is 0 Å². The number of piperazine rings is 1. The molecule has 1 aliphatic rings. The van der Waals surface area contributed by atoms with E-state index in [1.54, 1.807) is 0 Å². The largest absolute Gasteiger partial charge is 0.343 e. The quantitative estimate of drug-likeness (QED) is 0.789. The molecule has 1 N–H and O–H groups in total. The Morgan fingerprint density at radius 2 is 1.78 bits per heavy atom. The summed E-state index contributed by atoms with van der Waals surface area (Å²) in [6, 6.07) is -0.408. The van der Waals surface area contributed by atoms with Gasteiger partial charge in [-0.3, -0.25) is 9.59 Å². The molecule has 2 unspecified atom stereocenters. The Morgan fingerprint density at radius 1 is 1.17 bits per heavy atom. The molecule has 1 fully saturated rings.